The van der Waals surface area contributed by atoms with Gasteiger partial charge >= 0.3 is 0 Å². The number of nitrogens with one attached hydrogen (secondary N) is 1. The maximum absolute atomic E-state index is 11.5. The van der Waals surface area contributed by atoms with Gasteiger partial charge in [-0.05, 0) is 26.3 Å². The summed E-state index contributed by atoms with van der Waals surface area (Å²) in [6.07, 6.45) is 0. The van der Waals surface area contributed by atoms with Crippen molar-refractivity contribution in [1.29, 1.82) is 0 Å². The molecule has 1 aromatic carbocycles. The Bertz CT molecular complexity index is 465. The van der Waals surface area contributed by atoms with Gasteiger partial charge < -0.3 is 5.32 Å². The van der Waals surface area contributed by atoms with E-state index >= 15 is 0 Å². The number of sulfone groups is 1. The maximum Gasteiger partial charge on any atom is 0.151 e. The predicted octanol–water partition coefficient (Wildman–Crippen LogP) is 2.47. The fourth-order valence-electron chi connectivity index (χ4n) is 1.92. The summed E-state index contributed by atoms with van der Waals surface area (Å²) < 4.78 is 23.1. The van der Waals surface area contributed by atoms with Gasteiger partial charge in [0.25, 0.3) is 0 Å². The SMILES string of the molecule is CCS(=O)(=O)C[C@@H](C)N[C@H](C)c1ccc(C)cc1. The Labute approximate surface area is 111 Å². The summed E-state index contributed by atoms with van der Waals surface area (Å²) in [5.41, 5.74) is 2.41. The number of hydrogen-bond donors (Lipinski definition) is 1. The zero-order valence-corrected chi connectivity index (χ0v) is 12.4. The van der Waals surface area contributed by atoms with Gasteiger partial charge in [-0.1, -0.05) is 36.8 Å². The van der Waals surface area contributed by atoms with Crippen molar-refractivity contribution in [2.45, 2.75) is 39.8 Å². The lowest BCUT2D eigenvalue weighted by atomic mass is 10.1. The molecule has 1 N–H and O–H groups in total. The summed E-state index contributed by atoms with van der Waals surface area (Å²) in [6.45, 7) is 7.71. The average Bonchev–Trinajstić information content (AvgIpc) is 2.29. The summed E-state index contributed by atoms with van der Waals surface area (Å²) in [5.74, 6) is 0.400. The van der Waals surface area contributed by atoms with E-state index in [2.05, 4.69) is 43.4 Å². The van der Waals surface area contributed by atoms with Crippen LogP contribution in [0.3, 0.4) is 0 Å². The van der Waals surface area contributed by atoms with Crippen molar-refractivity contribution < 1.29 is 8.42 Å². The molecule has 0 heterocycles. The number of benzene rings is 1. The van der Waals surface area contributed by atoms with Gasteiger partial charge in [0.1, 0.15) is 0 Å². The Balaban J connectivity index is 2.59. The van der Waals surface area contributed by atoms with Crippen LogP contribution >= 0.6 is 0 Å². The van der Waals surface area contributed by atoms with Gasteiger partial charge in [-0.3, -0.25) is 0 Å². The molecule has 0 fully saturated rings. The molecule has 0 amide bonds. The van der Waals surface area contributed by atoms with E-state index in [4.69, 9.17) is 0 Å². The van der Waals surface area contributed by atoms with Gasteiger partial charge in [0, 0.05) is 17.8 Å². The summed E-state index contributed by atoms with van der Waals surface area (Å²) in [4.78, 5) is 0. The molecular formula is C14H23NO2S. The van der Waals surface area contributed by atoms with Crippen LogP contribution in [0.25, 0.3) is 0 Å². The quantitative estimate of drug-likeness (QED) is 0.863. The summed E-state index contributed by atoms with van der Waals surface area (Å²) >= 11 is 0. The second-order valence-corrected chi connectivity index (χ2v) is 7.30. The Morgan fingerprint density at radius 3 is 2.22 bits per heavy atom. The topological polar surface area (TPSA) is 46.2 Å². The monoisotopic (exact) mass is 269 g/mol. The lowest BCUT2D eigenvalue weighted by Crippen LogP contribution is -2.35. The first-order valence-electron chi connectivity index (χ1n) is 6.37. The summed E-state index contributed by atoms with van der Waals surface area (Å²) in [7, 11) is -2.92. The maximum atomic E-state index is 11.5. The Morgan fingerprint density at radius 2 is 1.72 bits per heavy atom. The van der Waals surface area contributed by atoms with E-state index in [1.165, 1.54) is 11.1 Å². The molecule has 0 aliphatic rings. The molecule has 1 aromatic rings. The molecule has 0 saturated heterocycles. The van der Waals surface area contributed by atoms with E-state index in [1.54, 1.807) is 6.92 Å². The first kappa shape index (κ1) is 15.2. The van der Waals surface area contributed by atoms with Crippen LogP contribution < -0.4 is 5.32 Å². The van der Waals surface area contributed by atoms with Gasteiger partial charge in [-0.15, -0.1) is 0 Å². The Morgan fingerprint density at radius 1 is 1.17 bits per heavy atom. The number of rotatable bonds is 6. The van der Waals surface area contributed by atoms with Crippen LogP contribution in [-0.2, 0) is 9.84 Å². The molecule has 0 spiro atoms. The van der Waals surface area contributed by atoms with Crippen molar-refractivity contribution in [3.05, 3.63) is 35.4 Å². The molecule has 0 radical (unpaired) electrons. The normalized spacial score (nSPS) is 15.3. The van der Waals surface area contributed by atoms with Crippen LogP contribution in [0.15, 0.2) is 24.3 Å². The second kappa shape index (κ2) is 6.34. The zero-order valence-electron chi connectivity index (χ0n) is 11.6. The molecule has 0 saturated carbocycles. The fourth-order valence-corrected chi connectivity index (χ4v) is 3.02. The Hall–Kier alpha value is -0.870. The highest BCUT2D eigenvalue weighted by Crippen LogP contribution is 2.14. The molecule has 0 aromatic heterocycles. The smallest absolute Gasteiger partial charge is 0.151 e. The number of aryl methyl sites for hydroxylation is 1. The first-order valence-corrected chi connectivity index (χ1v) is 8.19. The van der Waals surface area contributed by atoms with Crippen LogP contribution in [0.4, 0.5) is 0 Å². The molecule has 0 aliphatic heterocycles. The molecular weight excluding hydrogens is 246 g/mol. The third-order valence-electron chi connectivity index (χ3n) is 3.06. The fraction of sp³-hybridized carbons (Fsp3) is 0.571. The predicted molar refractivity (Wildman–Crippen MR) is 76.5 cm³/mol. The molecule has 0 unspecified atom stereocenters. The van der Waals surface area contributed by atoms with Crippen molar-refractivity contribution >= 4 is 9.84 Å². The van der Waals surface area contributed by atoms with E-state index in [-0.39, 0.29) is 23.6 Å². The zero-order chi connectivity index (χ0) is 13.8. The van der Waals surface area contributed by atoms with E-state index < -0.39 is 9.84 Å². The highest BCUT2D eigenvalue weighted by Gasteiger charge is 2.16. The van der Waals surface area contributed by atoms with Crippen LogP contribution in [-0.4, -0.2) is 26.0 Å². The van der Waals surface area contributed by atoms with Crippen molar-refractivity contribution in [2.24, 2.45) is 0 Å². The van der Waals surface area contributed by atoms with Crippen molar-refractivity contribution in [2.75, 3.05) is 11.5 Å². The van der Waals surface area contributed by atoms with Crippen LogP contribution in [0.5, 0.6) is 0 Å². The van der Waals surface area contributed by atoms with Crippen LogP contribution in [0, 0.1) is 6.92 Å². The van der Waals surface area contributed by atoms with Gasteiger partial charge in [0.15, 0.2) is 9.84 Å². The lowest BCUT2D eigenvalue weighted by molar-refractivity contribution is 0.500. The molecule has 0 aliphatic carbocycles. The first-order chi connectivity index (χ1) is 8.34. The standard InChI is InChI=1S/C14H23NO2S/c1-5-18(16,17)10-12(3)15-13(4)14-8-6-11(2)7-9-14/h6-9,12-13,15H,5,10H2,1-4H3/t12-,13-/m1/s1. The third kappa shape index (κ3) is 4.78. The molecule has 1 rings (SSSR count). The average molecular weight is 269 g/mol. The minimum atomic E-state index is -2.92. The van der Waals surface area contributed by atoms with E-state index in [0.29, 0.717) is 0 Å². The highest BCUT2D eigenvalue weighted by atomic mass is 32.2. The van der Waals surface area contributed by atoms with E-state index in [1.807, 2.05) is 6.92 Å². The minimum Gasteiger partial charge on any atom is -0.307 e. The number of hydrogen-bond acceptors (Lipinski definition) is 3. The van der Waals surface area contributed by atoms with Crippen LogP contribution in [0.1, 0.15) is 37.9 Å². The molecule has 4 heteroatoms. The second-order valence-electron chi connectivity index (χ2n) is 4.90. The molecule has 102 valence electrons. The highest BCUT2D eigenvalue weighted by molar-refractivity contribution is 7.91. The molecule has 18 heavy (non-hydrogen) atoms. The summed E-state index contributed by atoms with van der Waals surface area (Å²) in [6, 6.07) is 8.42. The lowest BCUT2D eigenvalue weighted by Gasteiger charge is -2.20. The largest absolute Gasteiger partial charge is 0.307 e. The van der Waals surface area contributed by atoms with Crippen LogP contribution in [0.2, 0.25) is 0 Å². The van der Waals surface area contributed by atoms with Gasteiger partial charge in [-0.2, -0.15) is 0 Å². The third-order valence-corrected chi connectivity index (χ3v) is 4.94. The van der Waals surface area contributed by atoms with Gasteiger partial charge in [0.05, 0.1) is 5.75 Å². The van der Waals surface area contributed by atoms with Gasteiger partial charge in [-0.25, -0.2) is 8.42 Å². The molecule has 2 atom stereocenters. The molecule has 0 bridgehead atoms. The van der Waals surface area contributed by atoms with E-state index in [0.717, 1.165) is 0 Å². The minimum absolute atomic E-state index is 0.0359. The van der Waals surface area contributed by atoms with Crippen molar-refractivity contribution in [3.63, 3.8) is 0 Å². The van der Waals surface area contributed by atoms with Gasteiger partial charge in [0.2, 0.25) is 0 Å². The van der Waals surface area contributed by atoms with Crippen molar-refractivity contribution in [3.8, 4) is 0 Å². The molecule has 3 nitrogen and oxygen atoms in total. The van der Waals surface area contributed by atoms with E-state index in [9.17, 15) is 8.42 Å². The Kier molecular flexibility index (Phi) is 5.35. The summed E-state index contributed by atoms with van der Waals surface area (Å²) in [5, 5.41) is 3.33. The van der Waals surface area contributed by atoms with Crippen molar-refractivity contribution in [1.82, 2.24) is 5.32 Å².